The second kappa shape index (κ2) is 8.74. The van der Waals surface area contributed by atoms with Gasteiger partial charge in [-0.15, -0.1) is 0 Å². The van der Waals surface area contributed by atoms with Crippen LogP contribution in [0.5, 0.6) is 11.5 Å². The third-order valence-corrected chi connectivity index (χ3v) is 4.05. The van der Waals surface area contributed by atoms with Crippen molar-refractivity contribution in [1.82, 2.24) is 5.43 Å². The Hall–Kier alpha value is -4.39. The molecule has 10 heteroatoms. The molecule has 1 N–H and O–H groups in total. The van der Waals surface area contributed by atoms with E-state index in [1.54, 1.807) is 43.3 Å². The van der Waals surface area contributed by atoms with Crippen LogP contribution >= 0.6 is 0 Å². The number of carbonyl (C=O) groups is 2. The molecular formula is C20H16N4O6. The Morgan fingerprint density at radius 1 is 1.23 bits per heavy atom. The summed E-state index contributed by atoms with van der Waals surface area (Å²) >= 11 is 0. The number of rotatable bonds is 7. The third-order valence-electron chi connectivity index (χ3n) is 4.05. The largest absolute Gasteiger partial charge is 0.490 e. The Balaban J connectivity index is 2.04. The number of nitriles is 1. The van der Waals surface area contributed by atoms with Crippen molar-refractivity contribution < 1.29 is 24.0 Å². The molecule has 0 aliphatic carbocycles. The van der Waals surface area contributed by atoms with Crippen molar-refractivity contribution in [1.29, 1.82) is 5.26 Å². The second-order valence-corrected chi connectivity index (χ2v) is 5.98. The molecule has 0 atom stereocenters. The normalized spacial score (nSPS) is 14.4. The molecule has 2 aromatic carbocycles. The Morgan fingerprint density at radius 2 is 1.97 bits per heavy atom. The highest BCUT2D eigenvalue weighted by Crippen LogP contribution is 2.39. The molecule has 0 bridgehead atoms. The predicted octanol–water partition coefficient (Wildman–Crippen LogP) is 2.36. The molecule has 10 nitrogen and oxygen atoms in total. The lowest BCUT2D eigenvalue weighted by Crippen LogP contribution is -2.35. The first-order valence-electron chi connectivity index (χ1n) is 8.83. The maximum Gasteiger partial charge on any atom is 0.315 e. The van der Waals surface area contributed by atoms with Gasteiger partial charge in [0.2, 0.25) is 5.75 Å². The number of anilines is 1. The first-order chi connectivity index (χ1) is 14.5. The van der Waals surface area contributed by atoms with Crippen LogP contribution < -0.4 is 19.9 Å². The first kappa shape index (κ1) is 20.3. The number of hydrogen-bond donors (Lipinski definition) is 1. The van der Waals surface area contributed by atoms with Crippen LogP contribution in [0.3, 0.4) is 0 Å². The molecule has 0 spiro atoms. The molecule has 1 saturated heterocycles. The summed E-state index contributed by atoms with van der Waals surface area (Å²) in [5.41, 5.74) is 2.48. The summed E-state index contributed by atoms with van der Waals surface area (Å²) in [5, 5.41) is 21.3. The molecule has 0 saturated carbocycles. The Bertz CT molecular complexity index is 1070. The highest BCUT2D eigenvalue weighted by atomic mass is 16.6. The van der Waals surface area contributed by atoms with Crippen LogP contribution in [-0.4, -0.2) is 30.0 Å². The Labute approximate surface area is 171 Å². The van der Waals surface area contributed by atoms with Gasteiger partial charge in [0.15, 0.2) is 12.4 Å². The van der Waals surface area contributed by atoms with Crippen LogP contribution in [0.25, 0.3) is 6.08 Å². The van der Waals surface area contributed by atoms with Crippen LogP contribution in [0, 0.1) is 21.4 Å². The number of amides is 2. The molecule has 0 aromatic heterocycles. The van der Waals surface area contributed by atoms with E-state index in [4.69, 9.17) is 14.7 Å². The molecule has 1 heterocycles. The highest BCUT2D eigenvalue weighted by Gasteiger charge is 2.34. The van der Waals surface area contributed by atoms with Gasteiger partial charge in [-0.3, -0.25) is 25.1 Å². The summed E-state index contributed by atoms with van der Waals surface area (Å²) in [6.07, 6.45) is 1.24. The fourth-order valence-corrected chi connectivity index (χ4v) is 2.82. The Morgan fingerprint density at radius 3 is 2.60 bits per heavy atom. The molecule has 0 unspecified atom stereocenters. The molecule has 3 rings (SSSR count). The minimum Gasteiger partial charge on any atom is -0.490 e. The number of nitro groups is 1. The van der Waals surface area contributed by atoms with Crippen LogP contribution in [-0.2, 0) is 9.59 Å². The fraction of sp³-hybridized carbons (Fsp3) is 0.150. The average molecular weight is 408 g/mol. The van der Waals surface area contributed by atoms with Gasteiger partial charge in [0.1, 0.15) is 11.6 Å². The van der Waals surface area contributed by atoms with E-state index in [2.05, 4.69) is 5.43 Å². The van der Waals surface area contributed by atoms with E-state index < -0.39 is 29.0 Å². The van der Waals surface area contributed by atoms with Gasteiger partial charge in [-0.1, -0.05) is 18.2 Å². The third kappa shape index (κ3) is 4.05. The second-order valence-electron chi connectivity index (χ2n) is 5.98. The summed E-state index contributed by atoms with van der Waals surface area (Å²) < 4.78 is 10.6. The number of nitrogens with one attached hydrogen (secondary N) is 1. The van der Waals surface area contributed by atoms with Gasteiger partial charge in [0.25, 0.3) is 11.8 Å². The van der Waals surface area contributed by atoms with Crippen LogP contribution in [0.2, 0.25) is 0 Å². The van der Waals surface area contributed by atoms with E-state index in [9.17, 15) is 19.7 Å². The van der Waals surface area contributed by atoms with E-state index >= 15 is 0 Å². The standard InChI is InChI=1S/C20H16N4O6/c1-2-29-17-12-13(11-16(24(27)28)18(17)30-9-8-21)10-15-19(25)22-23(20(15)26)14-6-4-3-5-7-14/h3-7,10-12H,2,9H2,1H3,(H,22,25)/b15-10-. The maximum atomic E-state index is 12.7. The van der Waals surface area contributed by atoms with Crippen molar-refractivity contribution in [3.63, 3.8) is 0 Å². The van der Waals surface area contributed by atoms with E-state index in [-0.39, 0.29) is 29.2 Å². The highest BCUT2D eigenvalue weighted by molar-refractivity contribution is 6.31. The molecule has 30 heavy (non-hydrogen) atoms. The van der Waals surface area contributed by atoms with Crippen molar-refractivity contribution >= 4 is 29.3 Å². The number of hydrazine groups is 1. The van der Waals surface area contributed by atoms with E-state index in [1.807, 2.05) is 0 Å². The first-order valence-corrected chi connectivity index (χ1v) is 8.83. The predicted molar refractivity (Wildman–Crippen MR) is 105 cm³/mol. The van der Waals surface area contributed by atoms with Crippen LogP contribution in [0.4, 0.5) is 11.4 Å². The number of benzene rings is 2. The lowest BCUT2D eigenvalue weighted by molar-refractivity contribution is -0.385. The van der Waals surface area contributed by atoms with E-state index in [1.165, 1.54) is 12.1 Å². The molecule has 2 amide bonds. The summed E-state index contributed by atoms with van der Waals surface area (Å²) in [6, 6.07) is 12.8. The fourth-order valence-electron chi connectivity index (χ4n) is 2.82. The molecule has 0 radical (unpaired) electrons. The zero-order valence-corrected chi connectivity index (χ0v) is 15.8. The lowest BCUT2D eigenvalue weighted by atomic mass is 10.1. The van der Waals surface area contributed by atoms with Crippen molar-refractivity contribution in [3.8, 4) is 17.6 Å². The van der Waals surface area contributed by atoms with Gasteiger partial charge in [0.05, 0.1) is 17.2 Å². The monoisotopic (exact) mass is 408 g/mol. The zero-order valence-electron chi connectivity index (χ0n) is 15.8. The van der Waals surface area contributed by atoms with Crippen molar-refractivity contribution in [3.05, 3.63) is 63.7 Å². The lowest BCUT2D eigenvalue weighted by Gasteiger charge is -2.14. The minimum absolute atomic E-state index is 0.0274. The van der Waals surface area contributed by atoms with Gasteiger partial charge < -0.3 is 9.47 Å². The molecular weight excluding hydrogens is 392 g/mol. The smallest absolute Gasteiger partial charge is 0.315 e. The van der Waals surface area contributed by atoms with Gasteiger partial charge >= 0.3 is 5.69 Å². The number of para-hydroxylation sites is 1. The van der Waals surface area contributed by atoms with E-state index in [0.29, 0.717) is 5.69 Å². The van der Waals surface area contributed by atoms with Crippen molar-refractivity contribution in [2.45, 2.75) is 6.92 Å². The topological polar surface area (TPSA) is 135 Å². The molecule has 1 aliphatic rings. The van der Waals surface area contributed by atoms with Crippen molar-refractivity contribution in [2.24, 2.45) is 0 Å². The van der Waals surface area contributed by atoms with Gasteiger partial charge in [-0.25, -0.2) is 5.01 Å². The Kier molecular flexibility index (Phi) is 5.93. The molecule has 1 fully saturated rings. The summed E-state index contributed by atoms with van der Waals surface area (Å²) in [5.74, 6) is -1.41. The quantitative estimate of drug-likeness (QED) is 0.321. The molecule has 152 valence electrons. The number of carbonyl (C=O) groups excluding carboxylic acids is 2. The van der Waals surface area contributed by atoms with Crippen LogP contribution in [0.1, 0.15) is 12.5 Å². The molecule has 1 aliphatic heterocycles. The number of ether oxygens (including phenoxy) is 2. The number of nitrogens with zero attached hydrogens (tertiary/aromatic N) is 3. The molecule has 2 aromatic rings. The zero-order chi connectivity index (χ0) is 21.7. The number of hydrogen-bond acceptors (Lipinski definition) is 7. The van der Waals surface area contributed by atoms with Gasteiger partial charge in [-0.05, 0) is 36.8 Å². The maximum absolute atomic E-state index is 12.7. The van der Waals surface area contributed by atoms with Gasteiger partial charge in [-0.2, -0.15) is 5.26 Å². The van der Waals surface area contributed by atoms with Gasteiger partial charge in [0, 0.05) is 6.07 Å². The van der Waals surface area contributed by atoms with Crippen LogP contribution in [0.15, 0.2) is 48.0 Å². The summed E-state index contributed by atoms with van der Waals surface area (Å²) in [7, 11) is 0. The van der Waals surface area contributed by atoms with E-state index in [0.717, 1.165) is 11.1 Å². The average Bonchev–Trinajstić information content (AvgIpc) is 3.01. The SMILES string of the molecule is CCOc1cc(/C=C2/C(=O)NN(c3ccccc3)C2=O)cc([N+](=O)[O-])c1OCC#N. The minimum atomic E-state index is -0.690. The summed E-state index contributed by atoms with van der Waals surface area (Å²) in [4.78, 5) is 35.9. The summed E-state index contributed by atoms with van der Waals surface area (Å²) in [6.45, 7) is 1.45. The number of nitro benzene ring substituents is 1. The van der Waals surface area contributed by atoms with Crippen molar-refractivity contribution in [2.75, 3.05) is 18.2 Å².